The molecular formula is C21H21ClF2N6O2. The van der Waals surface area contributed by atoms with Crippen molar-refractivity contribution in [3.8, 4) is 0 Å². The van der Waals surface area contributed by atoms with Crippen LogP contribution in [0.5, 0.6) is 0 Å². The van der Waals surface area contributed by atoms with Gasteiger partial charge in [0.2, 0.25) is 11.8 Å². The molecule has 4 rings (SSSR count). The topological polar surface area (TPSA) is 106 Å². The lowest BCUT2D eigenvalue weighted by Crippen LogP contribution is -2.46. The molecule has 8 nitrogen and oxygen atoms in total. The first kappa shape index (κ1) is 21.9. The van der Waals surface area contributed by atoms with Crippen LogP contribution in [0, 0.1) is 12.7 Å². The Hall–Kier alpha value is -3.27. The number of carbonyl (C=O) groups is 2. The number of anilines is 1. The molecule has 2 unspecified atom stereocenters. The van der Waals surface area contributed by atoms with E-state index in [0.717, 1.165) is 0 Å². The highest BCUT2D eigenvalue weighted by Crippen LogP contribution is 2.24. The van der Waals surface area contributed by atoms with E-state index in [4.69, 9.17) is 17.3 Å². The number of carbonyl (C=O) groups excluding carboxylic acids is 2. The monoisotopic (exact) mass is 462 g/mol. The zero-order chi connectivity index (χ0) is 23.0. The predicted octanol–water partition coefficient (Wildman–Crippen LogP) is 2.37. The third-order valence-corrected chi connectivity index (χ3v) is 5.72. The van der Waals surface area contributed by atoms with E-state index in [2.05, 4.69) is 15.3 Å². The quantitative estimate of drug-likeness (QED) is 0.605. The number of nitrogens with one attached hydrogen (secondary N) is 1. The summed E-state index contributed by atoms with van der Waals surface area (Å²) in [6, 6.07) is 5.16. The second-order valence-corrected chi connectivity index (χ2v) is 8.07. The molecule has 0 saturated carbocycles. The maximum Gasteiger partial charge on any atom is 0.243 e. The Morgan fingerprint density at radius 2 is 2.09 bits per heavy atom. The molecule has 0 radical (unpaired) electrons. The van der Waals surface area contributed by atoms with E-state index in [9.17, 15) is 18.4 Å². The number of hydrogen-bond donors (Lipinski definition) is 2. The fourth-order valence-corrected chi connectivity index (χ4v) is 4.05. The van der Waals surface area contributed by atoms with Gasteiger partial charge in [-0.1, -0.05) is 23.7 Å². The minimum absolute atomic E-state index is 0.0585. The summed E-state index contributed by atoms with van der Waals surface area (Å²) in [5.41, 5.74) is 6.59. The minimum atomic E-state index is -1.33. The lowest BCUT2D eigenvalue weighted by molar-refractivity contribution is -0.139. The van der Waals surface area contributed by atoms with Crippen LogP contribution in [0.25, 0.3) is 11.0 Å². The SMILES string of the molecule is Cc1nc(N)c2ccn(CC(=O)N3CC(F)CC3C(=O)NCc3cccc(Cl)c3F)c2n1. The molecule has 11 heteroatoms. The average Bonchev–Trinajstić information content (AvgIpc) is 3.33. The normalized spacial score (nSPS) is 18.3. The summed E-state index contributed by atoms with van der Waals surface area (Å²) in [4.78, 5) is 35.3. The summed E-state index contributed by atoms with van der Waals surface area (Å²) in [7, 11) is 0. The van der Waals surface area contributed by atoms with E-state index >= 15 is 0 Å². The Kier molecular flexibility index (Phi) is 5.96. The number of rotatable bonds is 5. The van der Waals surface area contributed by atoms with Gasteiger partial charge in [0.1, 0.15) is 41.9 Å². The number of nitrogens with zero attached hydrogens (tertiary/aromatic N) is 4. The molecular weight excluding hydrogens is 442 g/mol. The first-order valence-corrected chi connectivity index (χ1v) is 10.4. The largest absolute Gasteiger partial charge is 0.383 e. The van der Waals surface area contributed by atoms with E-state index in [1.54, 1.807) is 29.8 Å². The summed E-state index contributed by atoms with van der Waals surface area (Å²) < 4.78 is 29.8. The van der Waals surface area contributed by atoms with Crippen molar-refractivity contribution in [3.63, 3.8) is 0 Å². The Morgan fingerprint density at radius 3 is 2.88 bits per heavy atom. The van der Waals surface area contributed by atoms with E-state index in [1.807, 2.05) is 0 Å². The highest BCUT2D eigenvalue weighted by Gasteiger charge is 2.39. The van der Waals surface area contributed by atoms with Gasteiger partial charge in [-0.2, -0.15) is 0 Å². The van der Waals surface area contributed by atoms with Crippen molar-refractivity contribution >= 4 is 40.3 Å². The molecule has 2 atom stereocenters. The van der Waals surface area contributed by atoms with Crippen LogP contribution in [0.15, 0.2) is 30.5 Å². The van der Waals surface area contributed by atoms with Crippen LogP contribution in [0.1, 0.15) is 17.8 Å². The maximum atomic E-state index is 14.2. The molecule has 1 aromatic carbocycles. The van der Waals surface area contributed by atoms with Gasteiger partial charge in [-0.25, -0.2) is 18.7 Å². The van der Waals surface area contributed by atoms with Crippen LogP contribution in [0.3, 0.4) is 0 Å². The van der Waals surface area contributed by atoms with Crippen molar-refractivity contribution in [2.24, 2.45) is 0 Å². The summed E-state index contributed by atoms with van der Waals surface area (Å²) >= 11 is 5.76. The summed E-state index contributed by atoms with van der Waals surface area (Å²) in [6.07, 6.45) is 0.183. The second kappa shape index (κ2) is 8.70. The van der Waals surface area contributed by atoms with Gasteiger partial charge in [-0.3, -0.25) is 9.59 Å². The van der Waals surface area contributed by atoms with E-state index in [1.165, 1.54) is 17.0 Å². The lowest BCUT2D eigenvalue weighted by Gasteiger charge is -2.24. The Labute approximate surface area is 187 Å². The minimum Gasteiger partial charge on any atom is -0.383 e. The van der Waals surface area contributed by atoms with Crippen molar-refractivity contribution in [2.45, 2.75) is 38.6 Å². The number of hydrogen-bond acceptors (Lipinski definition) is 5. The van der Waals surface area contributed by atoms with Crippen LogP contribution in [-0.2, 0) is 22.7 Å². The van der Waals surface area contributed by atoms with Gasteiger partial charge in [-0.05, 0) is 19.1 Å². The highest BCUT2D eigenvalue weighted by atomic mass is 35.5. The van der Waals surface area contributed by atoms with Crippen LogP contribution < -0.4 is 11.1 Å². The Bertz CT molecular complexity index is 1200. The number of benzene rings is 1. The number of nitrogens with two attached hydrogens (primary N) is 1. The Morgan fingerprint density at radius 1 is 1.31 bits per heavy atom. The molecule has 3 N–H and O–H groups in total. The molecule has 2 amide bonds. The fraction of sp³-hybridized carbons (Fsp3) is 0.333. The number of fused-ring (bicyclic) bond motifs is 1. The van der Waals surface area contributed by atoms with E-state index in [-0.39, 0.29) is 36.6 Å². The summed E-state index contributed by atoms with van der Waals surface area (Å²) in [5, 5.41) is 3.12. The molecule has 0 bridgehead atoms. The van der Waals surface area contributed by atoms with Crippen LogP contribution in [0.4, 0.5) is 14.6 Å². The highest BCUT2D eigenvalue weighted by molar-refractivity contribution is 6.30. The number of nitrogen functional groups attached to an aromatic ring is 1. The molecule has 1 saturated heterocycles. The van der Waals surface area contributed by atoms with Gasteiger partial charge >= 0.3 is 0 Å². The Balaban J connectivity index is 1.48. The molecule has 32 heavy (non-hydrogen) atoms. The zero-order valence-electron chi connectivity index (χ0n) is 17.2. The number of aromatic nitrogens is 3. The van der Waals surface area contributed by atoms with Gasteiger partial charge in [0, 0.05) is 24.7 Å². The smallest absolute Gasteiger partial charge is 0.243 e. The number of aryl methyl sites for hydroxylation is 1. The molecule has 0 spiro atoms. The molecule has 3 heterocycles. The van der Waals surface area contributed by atoms with Crippen molar-refractivity contribution in [2.75, 3.05) is 12.3 Å². The van der Waals surface area contributed by atoms with E-state index < -0.39 is 29.8 Å². The van der Waals surface area contributed by atoms with Gasteiger partial charge in [0.05, 0.1) is 17.0 Å². The third kappa shape index (κ3) is 4.22. The summed E-state index contributed by atoms with van der Waals surface area (Å²) in [6.45, 7) is 1.22. The third-order valence-electron chi connectivity index (χ3n) is 5.42. The number of alkyl halides is 1. The number of halogens is 3. The van der Waals surface area contributed by atoms with Gasteiger partial charge < -0.3 is 20.5 Å². The molecule has 168 valence electrons. The predicted molar refractivity (Wildman–Crippen MR) is 115 cm³/mol. The number of amides is 2. The molecule has 3 aromatic rings. The number of likely N-dealkylation sites (tertiary alicyclic amines) is 1. The van der Waals surface area contributed by atoms with Gasteiger partial charge in [-0.15, -0.1) is 0 Å². The van der Waals surface area contributed by atoms with Crippen LogP contribution >= 0.6 is 11.6 Å². The molecule has 1 aliphatic rings. The molecule has 2 aromatic heterocycles. The van der Waals surface area contributed by atoms with Crippen molar-refractivity contribution in [1.29, 1.82) is 0 Å². The maximum absolute atomic E-state index is 14.2. The first-order chi connectivity index (χ1) is 15.2. The van der Waals surface area contributed by atoms with Gasteiger partial charge in [0.25, 0.3) is 0 Å². The standard InChI is InChI=1S/C21H21ClF2N6O2/c1-11-27-19(25)14-5-6-29(20(14)28-11)10-17(31)30-9-13(23)7-16(30)21(32)26-8-12-3-2-4-15(22)18(12)24/h2-6,13,16H,7-10H2,1H3,(H,26,32)(H2,25,27,28). The van der Waals surface area contributed by atoms with E-state index in [0.29, 0.717) is 22.7 Å². The van der Waals surface area contributed by atoms with Gasteiger partial charge in [0.15, 0.2) is 0 Å². The lowest BCUT2D eigenvalue weighted by atomic mass is 10.1. The van der Waals surface area contributed by atoms with Crippen molar-refractivity contribution in [3.05, 3.63) is 52.7 Å². The van der Waals surface area contributed by atoms with Crippen molar-refractivity contribution in [1.82, 2.24) is 24.8 Å². The second-order valence-electron chi connectivity index (χ2n) is 7.66. The fourth-order valence-electron chi connectivity index (χ4n) is 3.86. The average molecular weight is 463 g/mol. The first-order valence-electron chi connectivity index (χ1n) is 9.97. The zero-order valence-corrected chi connectivity index (χ0v) is 17.9. The molecule has 1 fully saturated rings. The molecule has 1 aliphatic heterocycles. The van der Waals surface area contributed by atoms with Crippen LogP contribution in [0.2, 0.25) is 5.02 Å². The molecule has 0 aliphatic carbocycles. The van der Waals surface area contributed by atoms with Crippen LogP contribution in [-0.4, -0.2) is 50.0 Å². The van der Waals surface area contributed by atoms with Crippen molar-refractivity contribution < 1.29 is 18.4 Å². The summed E-state index contributed by atoms with van der Waals surface area (Å²) in [5.74, 6) is -0.871.